The average molecular weight is 498 g/mol. The van der Waals surface area contributed by atoms with Crippen LogP contribution in [0.25, 0.3) is 11.0 Å². The van der Waals surface area contributed by atoms with Crippen LogP contribution in [0.4, 0.5) is 0 Å². The number of fused-ring (bicyclic) bond motifs is 2. The van der Waals surface area contributed by atoms with E-state index in [1.54, 1.807) is 12.1 Å². The topological polar surface area (TPSA) is 182 Å². The van der Waals surface area contributed by atoms with Gasteiger partial charge in [-0.3, -0.25) is 29.0 Å². The molecule has 1 aromatic carbocycles. The number of para-hydroxylation sites is 1. The number of aldehydes is 1. The Hall–Kier alpha value is -4.29. The maximum absolute atomic E-state index is 13.5. The van der Waals surface area contributed by atoms with Crippen molar-refractivity contribution in [3.05, 3.63) is 30.1 Å². The second kappa shape index (κ2) is 10.5. The van der Waals surface area contributed by atoms with Crippen LogP contribution in [0.3, 0.4) is 0 Å². The molecule has 13 heteroatoms. The number of aromatic amines is 1. The molecule has 36 heavy (non-hydrogen) atoms. The normalized spacial score (nSPS) is 20.9. The number of carbonyl (C=O) groups is 6. The fourth-order valence-electron chi connectivity index (χ4n) is 4.59. The minimum absolute atomic E-state index is 0.00749. The molecule has 0 bridgehead atoms. The zero-order valence-corrected chi connectivity index (χ0v) is 19.3. The van der Waals surface area contributed by atoms with Gasteiger partial charge in [0.25, 0.3) is 5.91 Å². The molecule has 2 fully saturated rings. The molecular formula is C23H26N6O7. The Morgan fingerprint density at radius 2 is 2.06 bits per heavy atom. The number of nitrogens with zero attached hydrogens (tertiary/aromatic N) is 3. The number of hydrogen-bond acceptors (Lipinski definition) is 7. The summed E-state index contributed by atoms with van der Waals surface area (Å²) in [5.74, 6) is -3.43. The van der Waals surface area contributed by atoms with Crippen LogP contribution in [0, 0.1) is 0 Å². The van der Waals surface area contributed by atoms with Crippen LogP contribution in [0.2, 0.25) is 0 Å². The van der Waals surface area contributed by atoms with Gasteiger partial charge in [-0.05, 0) is 30.9 Å². The summed E-state index contributed by atoms with van der Waals surface area (Å²) >= 11 is 0. The van der Waals surface area contributed by atoms with E-state index in [1.165, 1.54) is 11.3 Å². The summed E-state index contributed by atoms with van der Waals surface area (Å²) in [5.41, 5.74) is 2.07. The summed E-state index contributed by atoms with van der Waals surface area (Å²) in [6, 6.07) is 1.93. The van der Waals surface area contributed by atoms with E-state index in [4.69, 9.17) is 5.11 Å². The van der Waals surface area contributed by atoms with E-state index in [9.17, 15) is 28.8 Å². The van der Waals surface area contributed by atoms with Crippen molar-refractivity contribution < 1.29 is 33.9 Å². The number of benzene rings is 1. The van der Waals surface area contributed by atoms with Gasteiger partial charge in [0.15, 0.2) is 0 Å². The summed E-state index contributed by atoms with van der Waals surface area (Å²) in [7, 11) is 0. The highest BCUT2D eigenvalue weighted by Gasteiger charge is 2.44. The SMILES string of the molecule is O=C[C@H](CC(=O)O)NC(=O)[C@@H]1CCCN2C(=O)CC[C@H](NC(=O)Cc3cccc4[nH]cnc34)C(=O)N12. The molecule has 2 saturated heterocycles. The molecule has 0 saturated carbocycles. The zero-order valence-electron chi connectivity index (χ0n) is 19.3. The lowest BCUT2D eigenvalue weighted by molar-refractivity contribution is -0.176. The van der Waals surface area contributed by atoms with Gasteiger partial charge in [-0.25, -0.2) is 9.99 Å². The number of rotatable bonds is 8. The summed E-state index contributed by atoms with van der Waals surface area (Å²) in [5, 5.41) is 16.2. The fraction of sp³-hybridized carbons (Fsp3) is 0.435. The Balaban J connectivity index is 1.50. The zero-order chi connectivity index (χ0) is 25.8. The molecule has 4 rings (SSSR count). The molecular weight excluding hydrogens is 472 g/mol. The molecule has 2 aromatic rings. The third-order valence-corrected chi connectivity index (χ3v) is 6.27. The quantitative estimate of drug-likeness (QED) is 0.344. The molecule has 2 aliphatic heterocycles. The highest BCUT2D eigenvalue weighted by molar-refractivity contribution is 5.96. The number of aliphatic carboxylic acids is 1. The Morgan fingerprint density at radius 1 is 1.25 bits per heavy atom. The van der Waals surface area contributed by atoms with E-state index >= 15 is 0 Å². The fourth-order valence-corrected chi connectivity index (χ4v) is 4.59. The van der Waals surface area contributed by atoms with Crippen LogP contribution in [0.5, 0.6) is 0 Å². The van der Waals surface area contributed by atoms with Gasteiger partial charge in [0, 0.05) is 13.0 Å². The van der Waals surface area contributed by atoms with Gasteiger partial charge < -0.3 is 25.5 Å². The highest BCUT2D eigenvalue weighted by Crippen LogP contribution is 2.25. The first kappa shape index (κ1) is 24.8. The van der Waals surface area contributed by atoms with E-state index in [0.717, 1.165) is 10.5 Å². The van der Waals surface area contributed by atoms with Gasteiger partial charge in [0.2, 0.25) is 17.7 Å². The van der Waals surface area contributed by atoms with E-state index in [-0.39, 0.29) is 38.1 Å². The van der Waals surface area contributed by atoms with Crippen LogP contribution >= 0.6 is 0 Å². The number of carboxylic acids is 1. The maximum atomic E-state index is 13.5. The van der Waals surface area contributed by atoms with Crippen LogP contribution in [0.15, 0.2) is 24.5 Å². The van der Waals surface area contributed by atoms with Crippen molar-refractivity contribution in [3.8, 4) is 0 Å². The van der Waals surface area contributed by atoms with Gasteiger partial charge in [-0.15, -0.1) is 0 Å². The summed E-state index contributed by atoms with van der Waals surface area (Å²) in [4.78, 5) is 81.4. The van der Waals surface area contributed by atoms with Crippen LogP contribution in [0.1, 0.15) is 37.7 Å². The van der Waals surface area contributed by atoms with Crippen LogP contribution < -0.4 is 10.6 Å². The molecule has 3 atom stereocenters. The van der Waals surface area contributed by atoms with Crippen molar-refractivity contribution in [2.24, 2.45) is 0 Å². The smallest absolute Gasteiger partial charge is 0.305 e. The molecule has 1 aromatic heterocycles. The van der Waals surface area contributed by atoms with Crippen LogP contribution in [-0.2, 0) is 35.2 Å². The van der Waals surface area contributed by atoms with Crippen molar-refractivity contribution in [3.63, 3.8) is 0 Å². The Bertz CT molecular complexity index is 1210. The van der Waals surface area contributed by atoms with E-state index in [2.05, 4.69) is 20.6 Å². The average Bonchev–Trinajstić information content (AvgIpc) is 3.30. The highest BCUT2D eigenvalue weighted by atomic mass is 16.4. The van der Waals surface area contributed by atoms with Gasteiger partial charge in [0.1, 0.15) is 18.4 Å². The first-order valence-corrected chi connectivity index (χ1v) is 11.6. The molecule has 0 spiro atoms. The number of H-pyrrole nitrogens is 1. The number of nitrogens with one attached hydrogen (secondary N) is 3. The van der Waals surface area contributed by atoms with Crippen LogP contribution in [-0.4, -0.2) is 85.6 Å². The Morgan fingerprint density at radius 3 is 2.81 bits per heavy atom. The minimum atomic E-state index is -1.27. The number of amides is 4. The maximum Gasteiger partial charge on any atom is 0.305 e. The molecule has 3 heterocycles. The standard InChI is InChI=1S/C23H26N6O7/c30-11-14(10-20(33)34)26-22(35)17-5-2-8-28-19(32)7-6-16(23(36)29(17)28)27-18(31)9-13-3-1-4-15-21(13)25-12-24-15/h1,3-4,11-12,14,16-17H,2,5-10H2,(H,24,25)(H,26,35)(H,27,31)(H,33,34)/t14-,16-,17-/m0/s1. The lowest BCUT2D eigenvalue weighted by atomic mass is 10.0. The monoisotopic (exact) mass is 498 g/mol. The lowest BCUT2D eigenvalue weighted by Gasteiger charge is -2.43. The number of hydrogen-bond donors (Lipinski definition) is 4. The Kier molecular flexibility index (Phi) is 7.27. The molecule has 2 aliphatic rings. The second-order valence-electron chi connectivity index (χ2n) is 8.76. The van der Waals surface area contributed by atoms with E-state index < -0.39 is 48.2 Å². The number of imidazole rings is 1. The molecule has 0 aliphatic carbocycles. The largest absolute Gasteiger partial charge is 0.481 e. The Labute approximate surface area is 205 Å². The first-order valence-electron chi connectivity index (χ1n) is 11.6. The summed E-state index contributed by atoms with van der Waals surface area (Å²) in [6.07, 6.45) is 1.88. The van der Waals surface area contributed by atoms with Crippen molar-refractivity contribution in [2.75, 3.05) is 6.54 Å². The summed E-state index contributed by atoms with van der Waals surface area (Å²) < 4.78 is 0. The van der Waals surface area contributed by atoms with Crippen molar-refractivity contribution >= 4 is 46.9 Å². The number of aromatic nitrogens is 2. The second-order valence-corrected chi connectivity index (χ2v) is 8.76. The molecule has 0 radical (unpaired) electrons. The third-order valence-electron chi connectivity index (χ3n) is 6.27. The van der Waals surface area contributed by atoms with Gasteiger partial charge in [-0.2, -0.15) is 0 Å². The van der Waals surface area contributed by atoms with Gasteiger partial charge >= 0.3 is 5.97 Å². The molecule has 0 unspecified atom stereocenters. The van der Waals surface area contributed by atoms with Gasteiger partial charge in [0.05, 0.1) is 36.2 Å². The van der Waals surface area contributed by atoms with E-state index in [1.807, 2.05) is 6.07 Å². The molecule has 190 valence electrons. The molecule has 13 nitrogen and oxygen atoms in total. The predicted molar refractivity (Wildman–Crippen MR) is 123 cm³/mol. The number of carbonyl (C=O) groups excluding carboxylic acids is 5. The number of hydrazine groups is 1. The van der Waals surface area contributed by atoms with Crippen molar-refractivity contribution in [2.45, 2.75) is 56.7 Å². The third kappa shape index (κ3) is 5.19. The summed E-state index contributed by atoms with van der Waals surface area (Å²) in [6.45, 7) is 0.225. The molecule has 4 amide bonds. The molecule has 4 N–H and O–H groups in total. The lowest BCUT2D eigenvalue weighted by Crippen LogP contribution is -2.64. The van der Waals surface area contributed by atoms with E-state index in [0.29, 0.717) is 23.8 Å². The minimum Gasteiger partial charge on any atom is -0.481 e. The van der Waals surface area contributed by atoms with Crippen molar-refractivity contribution in [1.29, 1.82) is 0 Å². The number of carboxylic acid groups (broad SMARTS) is 1. The predicted octanol–water partition coefficient (Wildman–Crippen LogP) is -0.723. The first-order chi connectivity index (χ1) is 17.3. The van der Waals surface area contributed by atoms with Crippen molar-refractivity contribution in [1.82, 2.24) is 30.6 Å². The van der Waals surface area contributed by atoms with Gasteiger partial charge in [-0.1, -0.05) is 12.1 Å².